The highest BCUT2D eigenvalue weighted by molar-refractivity contribution is 6.09. The number of methoxy groups -OCH3 is 1. The molecule has 0 aliphatic carbocycles. The molecule has 1 saturated heterocycles. The lowest BCUT2D eigenvalue weighted by molar-refractivity contribution is -0.134. The number of anilines is 1. The van der Waals surface area contributed by atoms with Crippen molar-refractivity contribution >= 4 is 23.5 Å². The Morgan fingerprint density at radius 2 is 1.87 bits per heavy atom. The maximum absolute atomic E-state index is 14.5. The molecule has 198 valence electrons. The Morgan fingerprint density at radius 3 is 2.55 bits per heavy atom. The fraction of sp³-hybridized carbons (Fsp3) is 0.250. The van der Waals surface area contributed by atoms with E-state index in [-0.39, 0.29) is 25.3 Å². The number of imide groups is 1. The molecule has 0 spiro atoms. The topological polar surface area (TPSA) is 117 Å². The quantitative estimate of drug-likeness (QED) is 0.352. The molecule has 0 radical (unpaired) electrons. The van der Waals surface area contributed by atoms with Gasteiger partial charge in [-0.15, -0.1) is 0 Å². The first-order valence-corrected chi connectivity index (χ1v) is 12.0. The van der Waals surface area contributed by atoms with Crippen molar-refractivity contribution in [2.75, 3.05) is 25.6 Å². The summed E-state index contributed by atoms with van der Waals surface area (Å²) >= 11 is 0. The van der Waals surface area contributed by atoms with E-state index < -0.39 is 35.7 Å². The molecule has 1 fully saturated rings. The van der Waals surface area contributed by atoms with Crippen LogP contribution in [0, 0.1) is 12.7 Å². The third-order valence-electron chi connectivity index (χ3n) is 6.15. The van der Waals surface area contributed by atoms with E-state index in [2.05, 4.69) is 10.6 Å². The van der Waals surface area contributed by atoms with Gasteiger partial charge >= 0.3 is 6.03 Å². The van der Waals surface area contributed by atoms with Crippen LogP contribution < -0.4 is 20.1 Å². The fourth-order valence-corrected chi connectivity index (χ4v) is 4.25. The van der Waals surface area contributed by atoms with Crippen LogP contribution in [-0.2, 0) is 16.0 Å². The first-order valence-electron chi connectivity index (χ1n) is 12.0. The molecule has 2 atom stereocenters. The maximum Gasteiger partial charge on any atom is 0.325 e. The summed E-state index contributed by atoms with van der Waals surface area (Å²) in [5, 5.41) is 14.1. The van der Waals surface area contributed by atoms with Gasteiger partial charge in [-0.2, -0.15) is 0 Å². The van der Waals surface area contributed by atoms with Gasteiger partial charge in [0.1, 0.15) is 36.0 Å². The van der Waals surface area contributed by atoms with Crippen LogP contribution in [0.5, 0.6) is 11.5 Å². The Bertz CT molecular complexity index is 1330. The van der Waals surface area contributed by atoms with Crippen LogP contribution in [0.3, 0.4) is 0 Å². The van der Waals surface area contributed by atoms with E-state index in [1.165, 1.54) is 19.2 Å². The van der Waals surface area contributed by atoms with Crippen LogP contribution in [0.25, 0.3) is 0 Å². The van der Waals surface area contributed by atoms with Gasteiger partial charge in [0.15, 0.2) is 0 Å². The number of aliphatic hydroxyl groups is 1. The van der Waals surface area contributed by atoms with Crippen molar-refractivity contribution in [1.29, 1.82) is 0 Å². The molecule has 0 aromatic heterocycles. The minimum Gasteiger partial charge on any atom is -0.496 e. The Morgan fingerprint density at radius 1 is 1.13 bits per heavy atom. The number of halogens is 1. The zero-order valence-electron chi connectivity index (χ0n) is 20.9. The number of carbonyl (C=O) groups is 3. The number of hydrogen-bond donors (Lipinski definition) is 3. The molecule has 4 amide bonds. The molecule has 1 heterocycles. The fourth-order valence-electron chi connectivity index (χ4n) is 4.25. The lowest BCUT2D eigenvalue weighted by Gasteiger charge is -2.25. The van der Waals surface area contributed by atoms with Crippen molar-refractivity contribution in [2.45, 2.75) is 25.4 Å². The normalized spacial score (nSPS) is 15.7. The van der Waals surface area contributed by atoms with Crippen LogP contribution in [0.4, 0.5) is 14.9 Å². The van der Waals surface area contributed by atoms with Crippen LogP contribution in [0.1, 0.15) is 22.7 Å². The lowest BCUT2D eigenvalue weighted by Crippen LogP contribution is -2.49. The smallest absolute Gasteiger partial charge is 0.325 e. The number of benzene rings is 3. The number of aliphatic hydroxyl groups excluding tert-OH is 1. The van der Waals surface area contributed by atoms with E-state index in [9.17, 15) is 18.8 Å². The predicted molar refractivity (Wildman–Crippen MR) is 137 cm³/mol. The van der Waals surface area contributed by atoms with Gasteiger partial charge in [0.05, 0.1) is 19.4 Å². The number of rotatable bonds is 10. The summed E-state index contributed by atoms with van der Waals surface area (Å²) in [5.41, 5.74) is 1.70. The first kappa shape index (κ1) is 26.6. The van der Waals surface area contributed by atoms with E-state index >= 15 is 0 Å². The van der Waals surface area contributed by atoms with Crippen molar-refractivity contribution in [3.8, 4) is 11.5 Å². The minimum absolute atomic E-state index is 0.0524. The summed E-state index contributed by atoms with van der Waals surface area (Å²) in [6.07, 6.45) is -0.0524. The third-order valence-corrected chi connectivity index (χ3v) is 6.15. The number of ether oxygens (including phenoxy) is 2. The van der Waals surface area contributed by atoms with Crippen molar-refractivity contribution in [3.05, 3.63) is 89.2 Å². The number of aryl methyl sites for hydroxylation is 1. The molecule has 3 aromatic rings. The highest BCUT2D eigenvalue weighted by Gasteiger charge is 2.45. The molecule has 10 heteroatoms. The average molecular weight is 522 g/mol. The van der Waals surface area contributed by atoms with Crippen molar-refractivity contribution in [2.24, 2.45) is 0 Å². The summed E-state index contributed by atoms with van der Waals surface area (Å²) in [7, 11) is 1.48. The molecule has 1 aliphatic heterocycles. The molecule has 3 N–H and O–H groups in total. The summed E-state index contributed by atoms with van der Waals surface area (Å²) < 4.78 is 25.3. The molecule has 9 nitrogen and oxygen atoms in total. The number of hydrogen-bond acceptors (Lipinski definition) is 6. The standard InChI is InChI=1S/C28H28FN3O6/c1-17-7-12-22(21(29)15-17)30-26(34)23(16-19-5-3-4-6-24(19)37-2)32-27(35)25(31-28(32)36)18-8-10-20(11-9-18)38-14-13-33/h3-12,15,23,25,33H,13-14,16H2,1-2H3,(H,30,34)(H,31,36)/t23?,25-/m1/s1. The molecule has 38 heavy (non-hydrogen) atoms. The molecule has 1 unspecified atom stereocenters. The molecule has 3 aromatic carbocycles. The minimum atomic E-state index is -1.29. The summed E-state index contributed by atoms with van der Waals surface area (Å²) in [6, 6.07) is 14.7. The summed E-state index contributed by atoms with van der Waals surface area (Å²) in [5.74, 6) is -1.01. The van der Waals surface area contributed by atoms with E-state index in [1.807, 2.05) is 0 Å². The van der Waals surface area contributed by atoms with Crippen molar-refractivity contribution in [3.63, 3.8) is 0 Å². The molecular weight excluding hydrogens is 493 g/mol. The van der Waals surface area contributed by atoms with E-state index in [1.54, 1.807) is 61.5 Å². The monoisotopic (exact) mass is 521 g/mol. The highest BCUT2D eigenvalue weighted by Crippen LogP contribution is 2.29. The predicted octanol–water partition coefficient (Wildman–Crippen LogP) is 3.36. The van der Waals surface area contributed by atoms with Gasteiger partial charge in [0.25, 0.3) is 5.91 Å². The number of nitrogens with zero attached hydrogens (tertiary/aromatic N) is 1. The molecule has 0 saturated carbocycles. The van der Waals surface area contributed by atoms with Crippen molar-refractivity contribution in [1.82, 2.24) is 10.2 Å². The number of carbonyl (C=O) groups excluding carboxylic acids is 3. The highest BCUT2D eigenvalue weighted by atomic mass is 19.1. The number of urea groups is 1. The van der Waals surface area contributed by atoms with Gasteiger partial charge in [-0.25, -0.2) is 14.1 Å². The summed E-state index contributed by atoms with van der Waals surface area (Å²) in [6.45, 7) is 1.70. The van der Waals surface area contributed by atoms with Crippen LogP contribution in [0.15, 0.2) is 66.7 Å². The second-order valence-corrected chi connectivity index (χ2v) is 8.74. The Labute approximate surface area is 219 Å². The Hall–Kier alpha value is -4.44. The summed E-state index contributed by atoms with van der Waals surface area (Å²) in [4.78, 5) is 41.0. The molecular formula is C28H28FN3O6. The maximum atomic E-state index is 14.5. The van der Waals surface area contributed by atoms with Gasteiger partial charge in [-0.05, 0) is 53.9 Å². The average Bonchev–Trinajstić information content (AvgIpc) is 3.21. The van der Waals surface area contributed by atoms with Crippen LogP contribution >= 0.6 is 0 Å². The van der Waals surface area contributed by atoms with Gasteiger partial charge in [0, 0.05) is 6.42 Å². The van der Waals surface area contributed by atoms with E-state index in [4.69, 9.17) is 14.6 Å². The van der Waals surface area contributed by atoms with Gasteiger partial charge in [-0.3, -0.25) is 9.59 Å². The first-order chi connectivity index (χ1) is 18.3. The SMILES string of the molecule is COc1ccccc1CC(C(=O)Nc1ccc(C)cc1F)N1C(=O)N[C@H](c2ccc(OCCO)cc2)C1=O. The number of nitrogens with one attached hydrogen (secondary N) is 2. The zero-order valence-corrected chi connectivity index (χ0v) is 20.9. The molecule has 1 aliphatic rings. The largest absolute Gasteiger partial charge is 0.496 e. The van der Waals surface area contributed by atoms with Crippen LogP contribution in [-0.4, -0.2) is 54.2 Å². The second kappa shape index (κ2) is 11.7. The van der Waals surface area contributed by atoms with Gasteiger partial charge < -0.3 is 25.2 Å². The van der Waals surface area contributed by atoms with E-state index in [0.29, 0.717) is 28.2 Å². The van der Waals surface area contributed by atoms with Crippen molar-refractivity contribution < 1.29 is 33.4 Å². The molecule has 4 rings (SSSR count). The van der Waals surface area contributed by atoms with E-state index in [0.717, 1.165) is 4.90 Å². The van der Waals surface area contributed by atoms with Crippen LogP contribution in [0.2, 0.25) is 0 Å². The molecule has 0 bridgehead atoms. The Kier molecular flexibility index (Phi) is 8.22. The lowest BCUT2D eigenvalue weighted by atomic mass is 10.0. The second-order valence-electron chi connectivity index (χ2n) is 8.74. The Balaban J connectivity index is 1.64. The zero-order chi connectivity index (χ0) is 27.2. The van der Waals surface area contributed by atoms with Gasteiger partial charge in [0.2, 0.25) is 5.91 Å². The third kappa shape index (κ3) is 5.76. The number of para-hydroxylation sites is 1. The van der Waals surface area contributed by atoms with Gasteiger partial charge in [-0.1, -0.05) is 36.4 Å². The number of amides is 4.